The number of aromatic nitrogens is 1. The van der Waals surface area contributed by atoms with Crippen molar-refractivity contribution in [2.45, 2.75) is 12.5 Å². The van der Waals surface area contributed by atoms with Crippen molar-refractivity contribution in [2.24, 2.45) is 11.6 Å². The summed E-state index contributed by atoms with van der Waals surface area (Å²) in [6.45, 7) is 0.468. The van der Waals surface area contributed by atoms with Gasteiger partial charge in [0.15, 0.2) is 11.6 Å². The van der Waals surface area contributed by atoms with Crippen molar-refractivity contribution in [3.05, 3.63) is 51.4 Å². The van der Waals surface area contributed by atoms with Crippen LogP contribution in [-0.2, 0) is 0 Å². The topological polar surface area (TPSA) is 126 Å². The molecule has 1 aliphatic heterocycles. The number of nitrogen functional groups attached to an aromatic ring is 1. The van der Waals surface area contributed by atoms with Gasteiger partial charge in [-0.05, 0) is 24.6 Å². The number of carboxylic acids is 1. The van der Waals surface area contributed by atoms with Crippen LogP contribution in [-0.4, -0.2) is 34.6 Å². The molecule has 166 valence electrons. The van der Waals surface area contributed by atoms with E-state index in [4.69, 9.17) is 11.6 Å². The largest absolute Gasteiger partial charge is 0.477 e. The number of hydrogen-bond acceptors (Lipinski definition) is 7. The zero-order valence-electron chi connectivity index (χ0n) is 16.3. The number of nitrogens with two attached hydrogens (primary N) is 2. The summed E-state index contributed by atoms with van der Waals surface area (Å²) in [5, 5.41) is 9.17. The molecule has 0 saturated carbocycles. The van der Waals surface area contributed by atoms with Crippen molar-refractivity contribution < 1.29 is 23.1 Å². The highest BCUT2D eigenvalue weighted by Crippen LogP contribution is 2.40. The second-order valence-electron chi connectivity index (χ2n) is 7.58. The van der Waals surface area contributed by atoms with E-state index in [9.17, 15) is 19.1 Å². The molecular formula is C20H16F3N5O3S. The van der Waals surface area contributed by atoms with Crippen LogP contribution in [0.1, 0.15) is 16.8 Å². The van der Waals surface area contributed by atoms with Gasteiger partial charge in [0.05, 0.1) is 21.1 Å². The van der Waals surface area contributed by atoms with Crippen molar-refractivity contribution >= 4 is 54.6 Å². The molecule has 2 aromatic heterocycles. The molecule has 0 radical (unpaired) electrons. The highest BCUT2D eigenvalue weighted by atomic mass is 32.1. The third kappa shape index (κ3) is 2.70. The highest BCUT2D eigenvalue weighted by molar-refractivity contribution is 7.24. The minimum Gasteiger partial charge on any atom is -0.477 e. The summed E-state index contributed by atoms with van der Waals surface area (Å²) >= 11 is 0.821. The molecule has 0 spiro atoms. The van der Waals surface area contributed by atoms with E-state index in [0.717, 1.165) is 23.5 Å². The molecule has 0 aliphatic carbocycles. The third-order valence-electron chi connectivity index (χ3n) is 5.69. The normalized spacial score (nSPS) is 16.5. The molecule has 1 unspecified atom stereocenters. The van der Waals surface area contributed by atoms with Crippen LogP contribution in [0.5, 0.6) is 0 Å². The van der Waals surface area contributed by atoms with E-state index in [1.165, 1.54) is 15.4 Å². The van der Waals surface area contributed by atoms with Gasteiger partial charge in [-0.3, -0.25) is 15.0 Å². The first-order chi connectivity index (χ1) is 15.2. The van der Waals surface area contributed by atoms with Crippen molar-refractivity contribution in [2.75, 3.05) is 23.4 Å². The van der Waals surface area contributed by atoms with E-state index in [1.54, 1.807) is 0 Å². The van der Waals surface area contributed by atoms with Gasteiger partial charge in [-0.15, -0.1) is 11.3 Å². The van der Waals surface area contributed by atoms with Gasteiger partial charge in [0, 0.05) is 19.1 Å². The number of hydrogen-bond donors (Lipinski definition) is 4. The summed E-state index contributed by atoms with van der Waals surface area (Å²) < 4.78 is 46.7. The lowest BCUT2D eigenvalue weighted by atomic mass is 10.1. The first-order valence-corrected chi connectivity index (χ1v) is 10.4. The van der Waals surface area contributed by atoms with Gasteiger partial charge >= 0.3 is 5.97 Å². The Morgan fingerprint density at radius 3 is 2.62 bits per heavy atom. The molecular weight excluding hydrogens is 447 g/mol. The van der Waals surface area contributed by atoms with E-state index >= 15 is 8.78 Å². The molecule has 32 heavy (non-hydrogen) atoms. The van der Waals surface area contributed by atoms with Gasteiger partial charge < -0.3 is 21.2 Å². The van der Waals surface area contributed by atoms with Gasteiger partial charge in [-0.25, -0.2) is 18.0 Å². The smallest absolute Gasteiger partial charge is 0.342 e. The molecule has 1 fully saturated rings. The predicted molar refractivity (Wildman–Crippen MR) is 116 cm³/mol. The fourth-order valence-electron chi connectivity index (χ4n) is 4.31. The Kier molecular flexibility index (Phi) is 4.55. The van der Waals surface area contributed by atoms with Gasteiger partial charge in [0.1, 0.15) is 27.6 Å². The van der Waals surface area contributed by atoms with Crippen molar-refractivity contribution in [1.82, 2.24) is 4.40 Å². The quantitative estimate of drug-likeness (QED) is 0.272. The molecule has 5 rings (SSSR count). The molecule has 4 aromatic rings. The van der Waals surface area contributed by atoms with Crippen LogP contribution in [0.2, 0.25) is 0 Å². The molecule has 1 saturated heterocycles. The highest BCUT2D eigenvalue weighted by Gasteiger charge is 2.33. The number of hydrazine groups is 1. The summed E-state index contributed by atoms with van der Waals surface area (Å²) in [7, 11) is 0. The van der Waals surface area contributed by atoms with Gasteiger partial charge in [-0.1, -0.05) is 0 Å². The summed E-state index contributed by atoms with van der Waals surface area (Å²) in [6, 6.07) is 3.33. The van der Waals surface area contributed by atoms with E-state index < -0.39 is 51.2 Å². The third-order valence-corrected chi connectivity index (χ3v) is 6.82. The molecule has 12 heteroatoms. The van der Waals surface area contributed by atoms with Gasteiger partial charge in [0.25, 0.3) is 0 Å². The Balaban J connectivity index is 2.07. The molecule has 1 aliphatic rings. The average molecular weight is 463 g/mol. The number of carboxylic acid groups (broad SMARTS) is 1. The molecule has 2 aromatic carbocycles. The van der Waals surface area contributed by atoms with Crippen LogP contribution in [0.25, 0.3) is 25.9 Å². The first-order valence-electron chi connectivity index (χ1n) is 9.56. The Hall–Kier alpha value is -3.35. The lowest BCUT2D eigenvalue weighted by Gasteiger charge is -2.23. The molecule has 1 atom stereocenters. The Morgan fingerprint density at radius 1 is 1.25 bits per heavy atom. The monoisotopic (exact) mass is 463 g/mol. The van der Waals surface area contributed by atoms with Crippen LogP contribution in [0.15, 0.2) is 23.0 Å². The number of aromatic carboxylic acids is 1. The van der Waals surface area contributed by atoms with Crippen LogP contribution < -0.4 is 27.3 Å². The number of benzene rings is 2. The number of nitrogens with one attached hydrogen (secondary N) is 1. The minimum atomic E-state index is -1.58. The number of pyridine rings is 1. The molecule has 0 bridgehead atoms. The Labute approximate surface area is 181 Å². The minimum absolute atomic E-state index is 0.104. The number of carbonyl (C=O) groups is 1. The Bertz CT molecular complexity index is 1520. The molecule has 0 amide bonds. The van der Waals surface area contributed by atoms with E-state index in [-0.39, 0.29) is 39.7 Å². The van der Waals surface area contributed by atoms with Crippen LogP contribution in [0, 0.1) is 17.5 Å². The lowest BCUT2D eigenvalue weighted by molar-refractivity contribution is 0.0697. The summed E-state index contributed by atoms with van der Waals surface area (Å²) in [5.41, 5.74) is 5.18. The number of rotatable bonds is 3. The maximum atomic E-state index is 16.0. The van der Waals surface area contributed by atoms with Crippen molar-refractivity contribution in [3.63, 3.8) is 0 Å². The van der Waals surface area contributed by atoms with Crippen LogP contribution in [0.4, 0.5) is 24.5 Å². The van der Waals surface area contributed by atoms with Crippen molar-refractivity contribution in [3.8, 4) is 0 Å². The summed E-state index contributed by atoms with van der Waals surface area (Å²) in [4.78, 5) is 26.5. The predicted octanol–water partition coefficient (Wildman–Crippen LogP) is 2.61. The van der Waals surface area contributed by atoms with E-state index in [0.29, 0.717) is 6.42 Å². The maximum absolute atomic E-state index is 16.0. The number of anilines is 2. The summed E-state index contributed by atoms with van der Waals surface area (Å²) in [6.07, 6.45) is 0.510. The first kappa shape index (κ1) is 20.5. The maximum Gasteiger partial charge on any atom is 0.342 e. The average Bonchev–Trinajstić information content (AvgIpc) is 3.31. The second kappa shape index (κ2) is 7.08. The standard InChI is InChI=1S/C20H16F3N5O3S/c21-7-1-2-9-10(5-7)32-19-12(20(30)31)18(29)11-15(26-25)13(22)17(14(23)16(11)28(9)19)27-4-3-8(24)6-27/h1-2,5,8,26H,3-4,6,24-25H2,(H,30,31). The van der Waals surface area contributed by atoms with Crippen LogP contribution in [0.3, 0.4) is 0 Å². The number of halogens is 3. The molecule has 8 nitrogen and oxygen atoms in total. The molecule has 6 N–H and O–H groups in total. The Morgan fingerprint density at radius 2 is 2.00 bits per heavy atom. The lowest BCUT2D eigenvalue weighted by Crippen LogP contribution is -2.29. The van der Waals surface area contributed by atoms with Crippen molar-refractivity contribution in [1.29, 1.82) is 0 Å². The summed E-state index contributed by atoms with van der Waals surface area (Å²) in [5.74, 6) is 1.16. The van der Waals surface area contributed by atoms with E-state index in [2.05, 4.69) is 5.43 Å². The van der Waals surface area contributed by atoms with Crippen LogP contribution >= 0.6 is 11.3 Å². The van der Waals surface area contributed by atoms with Gasteiger partial charge in [0.2, 0.25) is 5.43 Å². The molecule has 3 heterocycles. The van der Waals surface area contributed by atoms with Gasteiger partial charge in [-0.2, -0.15) is 0 Å². The number of thiazole rings is 1. The van der Waals surface area contributed by atoms with E-state index in [1.807, 2.05) is 0 Å². The number of nitrogens with zero attached hydrogens (tertiary/aromatic N) is 2. The zero-order valence-corrected chi connectivity index (χ0v) is 17.1. The SMILES string of the molecule is NNc1c(F)c(N2CCC(N)C2)c(F)c2c1c(=O)c(C(=O)O)c1sc3cc(F)ccc3n12. The second-order valence-corrected chi connectivity index (χ2v) is 8.61. The number of fused-ring (bicyclic) bond motifs is 5. The fraction of sp³-hybridized carbons (Fsp3) is 0.200. The zero-order chi connectivity index (χ0) is 22.9. The fourth-order valence-corrected chi connectivity index (χ4v) is 5.52.